The topological polar surface area (TPSA) is 40.6 Å². The van der Waals surface area contributed by atoms with Gasteiger partial charge in [0.1, 0.15) is 0 Å². The van der Waals surface area contributed by atoms with Crippen LogP contribution in [0.3, 0.4) is 0 Å². The maximum atomic E-state index is 12.6. The van der Waals surface area contributed by atoms with Gasteiger partial charge < -0.3 is 9.80 Å². The third-order valence-corrected chi connectivity index (χ3v) is 3.82. The quantitative estimate of drug-likeness (QED) is 0.707. The van der Waals surface area contributed by atoms with Gasteiger partial charge in [-0.1, -0.05) is 0 Å². The van der Waals surface area contributed by atoms with Crippen LogP contribution in [0.2, 0.25) is 0 Å². The smallest absolute Gasteiger partial charge is 0.204 e. The Hall–Kier alpha value is -1.58. The molecule has 0 spiro atoms. The molecule has 0 aromatic carbocycles. The average Bonchev–Trinajstić information content (AvgIpc) is 2.33. The Morgan fingerprint density at radius 3 is 1.00 bits per heavy atom. The monoisotopic (exact) mass is 306 g/mol. The summed E-state index contributed by atoms with van der Waals surface area (Å²) in [6, 6.07) is 0.682. The van der Waals surface area contributed by atoms with E-state index in [9.17, 15) is 9.59 Å². The van der Waals surface area contributed by atoms with Crippen molar-refractivity contribution in [3.8, 4) is 0 Å². The van der Waals surface area contributed by atoms with E-state index in [1.807, 2.05) is 65.2 Å². The van der Waals surface area contributed by atoms with Crippen molar-refractivity contribution in [1.82, 2.24) is 9.80 Å². The van der Waals surface area contributed by atoms with E-state index >= 15 is 0 Å². The zero-order chi connectivity index (χ0) is 17.2. The minimum atomic E-state index is -0.0803. The van der Waals surface area contributed by atoms with Crippen LogP contribution in [0.15, 0.2) is 23.5 Å². The molecular formula is C18H30N2O2. The van der Waals surface area contributed by atoms with Gasteiger partial charge in [0.05, 0.1) is 11.4 Å². The predicted molar refractivity (Wildman–Crippen MR) is 90.4 cm³/mol. The normalized spacial score (nSPS) is 15.8. The van der Waals surface area contributed by atoms with Crippen LogP contribution in [0.5, 0.6) is 0 Å². The molecule has 0 aliphatic heterocycles. The molecule has 0 heterocycles. The van der Waals surface area contributed by atoms with Crippen molar-refractivity contribution in [3.63, 3.8) is 0 Å². The van der Waals surface area contributed by atoms with Crippen LogP contribution in [-0.4, -0.2) is 45.5 Å². The zero-order valence-electron chi connectivity index (χ0n) is 15.2. The molecule has 4 heteroatoms. The fourth-order valence-corrected chi connectivity index (χ4v) is 3.25. The molecule has 0 saturated carbocycles. The first-order valence-corrected chi connectivity index (χ1v) is 8.16. The lowest BCUT2D eigenvalue weighted by Crippen LogP contribution is -2.43. The van der Waals surface area contributed by atoms with Crippen LogP contribution in [0.1, 0.15) is 55.4 Å². The first kappa shape index (κ1) is 18.5. The van der Waals surface area contributed by atoms with Crippen molar-refractivity contribution in [2.75, 3.05) is 0 Å². The molecule has 0 amide bonds. The lowest BCUT2D eigenvalue weighted by Gasteiger charge is -2.38. The van der Waals surface area contributed by atoms with Crippen molar-refractivity contribution in [2.24, 2.45) is 0 Å². The number of carbonyl (C=O) groups excluding carboxylic acids is 2. The summed E-state index contributed by atoms with van der Waals surface area (Å²) in [6.07, 6.45) is 3.02. The van der Waals surface area contributed by atoms with Gasteiger partial charge in [-0.2, -0.15) is 0 Å². The van der Waals surface area contributed by atoms with Gasteiger partial charge in [-0.25, -0.2) is 0 Å². The van der Waals surface area contributed by atoms with Crippen molar-refractivity contribution in [3.05, 3.63) is 23.5 Å². The molecule has 0 aromatic heterocycles. The average molecular weight is 306 g/mol. The fourth-order valence-electron chi connectivity index (χ4n) is 3.25. The summed E-state index contributed by atoms with van der Waals surface area (Å²) in [7, 11) is 0. The molecule has 1 aliphatic carbocycles. The van der Waals surface area contributed by atoms with Crippen molar-refractivity contribution < 1.29 is 9.59 Å². The number of hydrogen-bond donors (Lipinski definition) is 0. The summed E-state index contributed by atoms with van der Waals surface area (Å²) in [5.74, 6) is -0.161. The van der Waals surface area contributed by atoms with E-state index in [1.54, 1.807) is 0 Å². The van der Waals surface area contributed by atoms with Gasteiger partial charge in [0.25, 0.3) is 0 Å². The number of nitrogens with zero attached hydrogens (tertiary/aromatic N) is 2. The summed E-state index contributed by atoms with van der Waals surface area (Å²) < 4.78 is 0. The molecule has 1 rings (SSSR count). The Balaban J connectivity index is 3.19. The van der Waals surface area contributed by atoms with Crippen LogP contribution in [0, 0.1) is 0 Å². The summed E-state index contributed by atoms with van der Waals surface area (Å²) in [4.78, 5) is 29.2. The second kappa shape index (κ2) is 7.12. The molecule has 124 valence electrons. The lowest BCUT2D eigenvalue weighted by molar-refractivity contribution is -0.118. The Kier molecular flexibility index (Phi) is 5.98. The molecular weight excluding hydrogens is 276 g/mol. The number of allylic oxidation sites excluding steroid dienone is 2. The lowest BCUT2D eigenvalue weighted by atomic mass is 10.00. The van der Waals surface area contributed by atoms with Crippen LogP contribution >= 0.6 is 0 Å². The highest BCUT2D eigenvalue weighted by atomic mass is 16.1. The molecule has 0 aromatic rings. The summed E-state index contributed by atoms with van der Waals surface area (Å²) >= 11 is 0. The number of carbonyl (C=O) groups is 2. The largest absolute Gasteiger partial charge is 0.363 e. The van der Waals surface area contributed by atoms with Gasteiger partial charge in [-0.05, 0) is 55.4 Å². The Labute approximate surface area is 134 Å². The summed E-state index contributed by atoms with van der Waals surface area (Å²) in [5, 5.41) is 0. The van der Waals surface area contributed by atoms with Gasteiger partial charge >= 0.3 is 0 Å². The molecule has 0 atom stereocenters. The highest BCUT2D eigenvalue weighted by Gasteiger charge is 2.31. The van der Waals surface area contributed by atoms with E-state index in [0.29, 0.717) is 11.4 Å². The van der Waals surface area contributed by atoms with Crippen molar-refractivity contribution in [2.45, 2.75) is 79.6 Å². The van der Waals surface area contributed by atoms with E-state index in [2.05, 4.69) is 0 Å². The standard InChI is InChI=1S/C18H30N2O2/c1-11(2)19(12(3)4)15-9-18(22)16(10-17(15)21)20(13(5)6)14(7)8/h9-14H,1-8H3. The highest BCUT2D eigenvalue weighted by Crippen LogP contribution is 2.24. The number of rotatable bonds is 6. The van der Waals surface area contributed by atoms with E-state index < -0.39 is 0 Å². The maximum Gasteiger partial charge on any atom is 0.204 e. The van der Waals surface area contributed by atoms with E-state index in [1.165, 1.54) is 12.2 Å². The van der Waals surface area contributed by atoms with Gasteiger partial charge in [0, 0.05) is 36.3 Å². The van der Waals surface area contributed by atoms with Crippen LogP contribution in [-0.2, 0) is 9.59 Å². The van der Waals surface area contributed by atoms with Crippen LogP contribution < -0.4 is 0 Å². The molecule has 0 radical (unpaired) electrons. The maximum absolute atomic E-state index is 12.6. The fraction of sp³-hybridized carbons (Fsp3) is 0.667. The summed E-state index contributed by atoms with van der Waals surface area (Å²) in [5.41, 5.74) is 1.01. The van der Waals surface area contributed by atoms with Gasteiger partial charge in [-0.15, -0.1) is 0 Å². The molecule has 0 fully saturated rings. The zero-order valence-corrected chi connectivity index (χ0v) is 15.2. The van der Waals surface area contributed by atoms with E-state index in [4.69, 9.17) is 0 Å². The first-order valence-electron chi connectivity index (χ1n) is 8.16. The van der Waals surface area contributed by atoms with Gasteiger partial charge in [0.2, 0.25) is 11.6 Å². The van der Waals surface area contributed by atoms with Gasteiger partial charge in [-0.3, -0.25) is 9.59 Å². The summed E-state index contributed by atoms with van der Waals surface area (Å²) in [6.45, 7) is 16.3. The molecule has 1 aliphatic rings. The molecule has 22 heavy (non-hydrogen) atoms. The molecule has 0 saturated heterocycles. The van der Waals surface area contributed by atoms with E-state index in [0.717, 1.165) is 0 Å². The van der Waals surface area contributed by atoms with Crippen molar-refractivity contribution >= 4 is 11.6 Å². The van der Waals surface area contributed by atoms with Crippen LogP contribution in [0.4, 0.5) is 0 Å². The second-order valence-corrected chi connectivity index (χ2v) is 6.98. The third-order valence-electron chi connectivity index (χ3n) is 3.82. The highest BCUT2D eigenvalue weighted by molar-refractivity contribution is 6.19. The number of hydrogen-bond acceptors (Lipinski definition) is 4. The van der Waals surface area contributed by atoms with Gasteiger partial charge in [0.15, 0.2) is 0 Å². The minimum absolute atomic E-state index is 0.0803. The molecule has 0 unspecified atom stereocenters. The predicted octanol–water partition coefficient (Wildman–Crippen LogP) is 3.14. The third kappa shape index (κ3) is 3.79. The SMILES string of the molecule is CC(C)N(C1=CC(=O)C(N(C(C)C)C(C)C)=CC1=O)C(C)C. The Morgan fingerprint density at radius 1 is 0.591 bits per heavy atom. The molecule has 4 nitrogen and oxygen atoms in total. The Bertz CT molecular complexity index is 437. The van der Waals surface area contributed by atoms with E-state index in [-0.39, 0.29) is 35.7 Å². The Morgan fingerprint density at radius 2 is 0.818 bits per heavy atom. The minimum Gasteiger partial charge on any atom is -0.363 e. The van der Waals surface area contributed by atoms with Crippen LogP contribution in [0.25, 0.3) is 0 Å². The number of ketones is 2. The first-order chi connectivity index (χ1) is 10.1. The second-order valence-electron chi connectivity index (χ2n) is 6.98. The van der Waals surface area contributed by atoms with Crippen molar-refractivity contribution in [1.29, 1.82) is 0 Å². The molecule has 0 bridgehead atoms. The molecule has 0 N–H and O–H groups in total.